The van der Waals surface area contributed by atoms with Crippen LogP contribution in [0.25, 0.3) is 0 Å². The molecule has 0 aliphatic carbocycles. The average Bonchev–Trinajstić information content (AvgIpc) is 2.24. The molecule has 1 N–H and O–H groups in total. The van der Waals surface area contributed by atoms with Crippen molar-refractivity contribution in [3.05, 3.63) is 28.8 Å². The number of rotatable bonds is 6. The van der Waals surface area contributed by atoms with Crippen molar-refractivity contribution in [1.82, 2.24) is 5.32 Å². The van der Waals surface area contributed by atoms with E-state index in [1.807, 2.05) is 6.92 Å². The minimum absolute atomic E-state index is 0.0227. The third-order valence-corrected chi connectivity index (χ3v) is 5.09. The summed E-state index contributed by atoms with van der Waals surface area (Å²) in [5.41, 5.74) is 0.556. The lowest BCUT2D eigenvalue weighted by molar-refractivity contribution is 0.576. The monoisotopic (exact) mass is 323 g/mol. The van der Waals surface area contributed by atoms with Gasteiger partial charge in [0.2, 0.25) is 0 Å². The normalized spacial score (nSPS) is 15.2. The zero-order chi connectivity index (χ0) is 14.6. The average molecular weight is 324 g/mol. The molecule has 0 amide bonds. The molecule has 108 valence electrons. The molecule has 2 atom stereocenters. The Morgan fingerprint density at radius 3 is 2.58 bits per heavy atom. The highest BCUT2D eigenvalue weighted by Gasteiger charge is 2.16. The summed E-state index contributed by atoms with van der Waals surface area (Å²) in [5.74, 6) is 0.513. The summed E-state index contributed by atoms with van der Waals surface area (Å²) in [4.78, 5) is 0.234. The maximum Gasteiger partial charge on any atom is 0.175 e. The van der Waals surface area contributed by atoms with E-state index in [1.54, 1.807) is 24.5 Å². The second kappa shape index (κ2) is 6.83. The lowest BCUT2D eigenvalue weighted by atomic mass is 10.2. The molecule has 0 heterocycles. The minimum atomic E-state index is -3.31. The van der Waals surface area contributed by atoms with Crippen LogP contribution in [0.3, 0.4) is 0 Å². The van der Waals surface area contributed by atoms with Gasteiger partial charge in [0.1, 0.15) is 0 Å². The largest absolute Gasteiger partial charge is 0.309 e. The summed E-state index contributed by atoms with van der Waals surface area (Å²) in [7, 11) is -4.21. The summed E-state index contributed by atoms with van der Waals surface area (Å²) < 4.78 is 34.5. The minimum Gasteiger partial charge on any atom is -0.309 e. The molecule has 2 unspecified atom stereocenters. The highest BCUT2D eigenvalue weighted by atomic mass is 35.5. The first-order chi connectivity index (χ1) is 8.71. The summed E-state index contributed by atoms with van der Waals surface area (Å²) in [6.45, 7) is 2.23. The van der Waals surface area contributed by atoms with Gasteiger partial charge in [-0.3, -0.25) is 4.21 Å². The first-order valence-electron chi connectivity index (χ1n) is 5.72. The molecule has 1 aromatic rings. The van der Waals surface area contributed by atoms with Crippen LogP contribution in [0.1, 0.15) is 12.5 Å². The van der Waals surface area contributed by atoms with E-state index in [9.17, 15) is 12.6 Å². The second-order valence-corrected chi connectivity index (χ2v) is 8.38. The molecule has 0 fully saturated rings. The van der Waals surface area contributed by atoms with Crippen LogP contribution in [-0.4, -0.2) is 36.9 Å². The van der Waals surface area contributed by atoms with E-state index >= 15 is 0 Å². The molecule has 7 heteroatoms. The fraction of sp³-hybridized carbons (Fsp3) is 0.500. The molecule has 1 rings (SSSR count). The molecule has 0 bridgehead atoms. The molecule has 0 aliphatic rings. The maximum atomic E-state index is 11.7. The Bertz CT molecular complexity index is 572. The third-order valence-electron chi connectivity index (χ3n) is 2.59. The van der Waals surface area contributed by atoms with Gasteiger partial charge in [-0.05, 0) is 19.1 Å². The summed E-state index contributed by atoms with van der Waals surface area (Å²) in [6.07, 6.45) is 2.79. The number of nitrogens with one attached hydrogen (secondary N) is 1. The highest BCUT2D eigenvalue weighted by molar-refractivity contribution is 7.90. The van der Waals surface area contributed by atoms with Crippen molar-refractivity contribution in [1.29, 1.82) is 0 Å². The van der Waals surface area contributed by atoms with E-state index in [0.29, 0.717) is 22.9 Å². The van der Waals surface area contributed by atoms with Gasteiger partial charge in [0, 0.05) is 52.2 Å². The molecular formula is C12H18ClNO3S2. The second-order valence-electron chi connectivity index (χ2n) is 4.51. The quantitative estimate of drug-likeness (QED) is 0.863. The fourth-order valence-electron chi connectivity index (χ4n) is 1.75. The van der Waals surface area contributed by atoms with Crippen LogP contribution in [0.5, 0.6) is 0 Å². The van der Waals surface area contributed by atoms with Crippen LogP contribution >= 0.6 is 11.6 Å². The number of hydrogen-bond donors (Lipinski definition) is 1. The van der Waals surface area contributed by atoms with Gasteiger partial charge in [-0.2, -0.15) is 0 Å². The maximum absolute atomic E-state index is 11.7. The van der Waals surface area contributed by atoms with Crippen molar-refractivity contribution >= 4 is 32.2 Å². The molecule has 1 aromatic carbocycles. The van der Waals surface area contributed by atoms with Gasteiger partial charge in [0.05, 0.1) is 4.90 Å². The summed E-state index contributed by atoms with van der Waals surface area (Å²) in [5, 5.41) is 3.56. The molecule has 0 spiro atoms. The molecule has 0 aromatic heterocycles. The van der Waals surface area contributed by atoms with Crippen molar-refractivity contribution in [2.24, 2.45) is 0 Å². The predicted molar refractivity (Wildman–Crippen MR) is 79.8 cm³/mol. The van der Waals surface area contributed by atoms with Crippen LogP contribution in [0.4, 0.5) is 0 Å². The van der Waals surface area contributed by atoms with E-state index in [2.05, 4.69) is 5.32 Å². The zero-order valence-corrected chi connectivity index (χ0v) is 13.5. The van der Waals surface area contributed by atoms with Gasteiger partial charge in [-0.1, -0.05) is 17.7 Å². The van der Waals surface area contributed by atoms with Crippen molar-refractivity contribution in [3.8, 4) is 0 Å². The fourth-order valence-corrected chi connectivity index (χ4v) is 3.82. The van der Waals surface area contributed by atoms with Gasteiger partial charge in [-0.25, -0.2) is 8.42 Å². The summed E-state index contributed by atoms with van der Waals surface area (Å²) >= 11 is 6.06. The van der Waals surface area contributed by atoms with Crippen molar-refractivity contribution in [3.63, 3.8) is 0 Å². The third kappa shape index (κ3) is 5.22. The molecule has 0 radical (unpaired) electrons. The zero-order valence-electron chi connectivity index (χ0n) is 11.1. The van der Waals surface area contributed by atoms with Gasteiger partial charge in [0.15, 0.2) is 9.84 Å². The standard InChI is InChI=1S/C12H18ClNO3S2/c1-9(8-18(2)15)14-7-10-11(13)5-4-6-12(10)19(3,16)17/h4-6,9,14H,7-8H2,1-3H3. The highest BCUT2D eigenvalue weighted by Crippen LogP contribution is 2.23. The lowest BCUT2D eigenvalue weighted by Crippen LogP contribution is -2.31. The number of benzene rings is 1. The van der Waals surface area contributed by atoms with Gasteiger partial charge in [-0.15, -0.1) is 0 Å². The van der Waals surface area contributed by atoms with E-state index in [-0.39, 0.29) is 10.9 Å². The van der Waals surface area contributed by atoms with Crippen molar-refractivity contribution in [2.75, 3.05) is 18.3 Å². The van der Waals surface area contributed by atoms with E-state index in [4.69, 9.17) is 11.6 Å². The van der Waals surface area contributed by atoms with Crippen LogP contribution < -0.4 is 5.32 Å². The Labute approximate surface area is 121 Å². The van der Waals surface area contributed by atoms with Crippen molar-refractivity contribution < 1.29 is 12.6 Å². The van der Waals surface area contributed by atoms with E-state index < -0.39 is 20.6 Å². The van der Waals surface area contributed by atoms with Crippen LogP contribution in [0, 0.1) is 0 Å². The number of halogens is 1. The molecule has 0 saturated carbocycles. The van der Waals surface area contributed by atoms with Gasteiger partial charge < -0.3 is 5.32 Å². The Morgan fingerprint density at radius 2 is 2.05 bits per heavy atom. The summed E-state index contributed by atoms with van der Waals surface area (Å²) in [6, 6.07) is 4.85. The van der Waals surface area contributed by atoms with Crippen LogP contribution in [0.15, 0.2) is 23.1 Å². The predicted octanol–water partition coefficient (Wildman–Crippen LogP) is 1.60. The first kappa shape index (κ1) is 16.6. The Morgan fingerprint density at radius 1 is 1.42 bits per heavy atom. The SMILES string of the molecule is CC(CS(C)=O)NCc1c(Cl)cccc1S(C)(=O)=O. The van der Waals surface area contributed by atoms with E-state index in [0.717, 1.165) is 6.26 Å². The van der Waals surface area contributed by atoms with Gasteiger partial charge in [0.25, 0.3) is 0 Å². The van der Waals surface area contributed by atoms with E-state index in [1.165, 1.54) is 0 Å². The molecule has 0 aliphatic heterocycles. The smallest absolute Gasteiger partial charge is 0.175 e. The van der Waals surface area contributed by atoms with Gasteiger partial charge >= 0.3 is 0 Å². The molecule has 0 saturated heterocycles. The number of sulfone groups is 1. The lowest BCUT2D eigenvalue weighted by Gasteiger charge is -2.15. The topological polar surface area (TPSA) is 63.2 Å². The Balaban J connectivity index is 2.92. The Hall–Kier alpha value is -0.430. The van der Waals surface area contributed by atoms with Crippen molar-refractivity contribution in [2.45, 2.75) is 24.4 Å². The van der Waals surface area contributed by atoms with Crippen LogP contribution in [0.2, 0.25) is 5.02 Å². The Kier molecular flexibility index (Phi) is 5.98. The molecular weight excluding hydrogens is 306 g/mol. The molecule has 19 heavy (non-hydrogen) atoms. The molecule has 4 nitrogen and oxygen atoms in total. The first-order valence-corrected chi connectivity index (χ1v) is 9.72. The van der Waals surface area contributed by atoms with Crippen LogP contribution in [-0.2, 0) is 27.2 Å². The number of hydrogen-bond acceptors (Lipinski definition) is 4.